The van der Waals surface area contributed by atoms with Crippen molar-refractivity contribution in [3.8, 4) is 5.69 Å². The summed E-state index contributed by atoms with van der Waals surface area (Å²) in [5.74, 6) is 0.471. The first kappa shape index (κ1) is 13.1. The quantitative estimate of drug-likeness (QED) is 0.780. The largest absolute Gasteiger partial charge is 0.369 e. The first-order valence-electron chi connectivity index (χ1n) is 6.50. The molecular formula is C15H15BrN4. The maximum atomic E-state index is 6.12. The average molecular weight is 331 g/mol. The topological polar surface area (TPSA) is 56.7 Å². The van der Waals surface area contributed by atoms with E-state index in [4.69, 9.17) is 5.73 Å². The molecule has 0 spiro atoms. The molecule has 0 fully saturated rings. The molecule has 5 heteroatoms. The molecule has 102 valence electrons. The molecule has 0 saturated carbocycles. The molecule has 0 saturated heterocycles. The summed E-state index contributed by atoms with van der Waals surface area (Å²) < 4.78 is 2.98. The van der Waals surface area contributed by atoms with Crippen molar-refractivity contribution in [2.24, 2.45) is 0 Å². The highest BCUT2D eigenvalue weighted by Gasteiger charge is 2.15. The highest BCUT2D eigenvalue weighted by Crippen LogP contribution is 2.27. The summed E-state index contributed by atoms with van der Waals surface area (Å²) in [6.45, 7) is 4.14. The second-order valence-corrected chi connectivity index (χ2v) is 5.65. The van der Waals surface area contributed by atoms with Gasteiger partial charge in [-0.05, 0) is 48.7 Å². The molecule has 1 aromatic carbocycles. The van der Waals surface area contributed by atoms with E-state index in [1.54, 1.807) is 6.20 Å². The van der Waals surface area contributed by atoms with Gasteiger partial charge >= 0.3 is 0 Å². The summed E-state index contributed by atoms with van der Waals surface area (Å²) in [6.07, 6.45) is 2.71. The third kappa shape index (κ3) is 1.98. The lowest BCUT2D eigenvalue weighted by Crippen LogP contribution is -2.04. The standard InChI is InChI=1S/C15H15BrN4/c1-3-10-8-11(16)4-5-12(10)20-14-13(19-15(20)17)9(2)6-7-18-14/h4-8H,3H2,1-2H3,(H2,17,19). The van der Waals surface area contributed by atoms with Crippen LogP contribution in [0.5, 0.6) is 0 Å². The minimum atomic E-state index is 0.471. The van der Waals surface area contributed by atoms with Crippen molar-refractivity contribution in [2.75, 3.05) is 5.73 Å². The van der Waals surface area contributed by atoms with Crippen LogP contribution < -0.4 is 5.73 Å². The number of imidazole rings is 1. The summed E-state index contributed by atoms with van der Waals surface area (Å²) in [5.41, 5.74) is 11.1. The van der Waals surface area contributed by atoms with Gasteiger partial charge in [-0.2, -0.15) is 0 Å². The molecule has 2 heterocycles. The number of pyridine rings is 1. The Kier molecular flexibility index (Phi) is 3.22. The minimum Gasteiger partial charge on any atom is -0.369 e. The molecule has 0 atom stereocenters. The average Bonchev–Trinajstić information content (AvgIpc) is 2.77. The summed E-state index contributed by atoms with van der Waals surface area (Å²) in [4.78, 5) is 8.90. The molecule has 0 bridgehead atoms. The fourth-order valence-corrected chi connectivity index (χ4v) is 2.81. The number of rotatable bonds is 2. The zero-order chi connectivity index (χ0) is 14.3. The predicted molar refractivity (Wildman–Crippen MR) is 85.1 cm³/mol. The van der Waals surface area contributed by atoms with Gasteiger partial charge in [0.1, 0.15) is 5.52 Å². The Bertz CT molecular complexity index is 792. The molecule has 4 nitrogen and oxygen atoms in total. The fraction of sp³-hybridized carbons (Fsp3) is 0.200. The van der Waals surface area contributed by atoms with Crippen molar-refractivity contribution in [2.45, 2.75) is 20.3 Å². The highest BCUT2D eigenvalue weighted by atomic mass is 79.9. The molecular weight excluding hydrogens is 316 g/mol. The SMILES string of the molecule is CCc1cc(Br)ccc1-n1c(N)nc2c(C)ccnc21. The number of nitrogens with zero attached hydrogens (tertiary/aromatic N) is 3. The smallest absolute Gasteiger partial charge is 0.207 e. The molecule has 0 aliphatic heterocycles. The molecule has 3 aromatic rings. The molecule has 0 aliphatic rings. The number of hydrogen-bond acceptors (Lipinski definition) is 3. The number of anilines is 1. The van der Waals surface area contributed by atoms with Crippen LogP contribution in [0, 0.1) is 6.92 Å². The third-order valence-corrected chi connectivity index (χ3v) is 3.93. The fourth-order valence-electron chi connectivity index (χ4n) is 2.40. The molecule has 0 radical (unpaired) electrons. The van der Waals surface area contributed by atoms with Gasteiger partial charge in [0, 0.05) is 10.7 Å². The van der Waals surface area contributed by atoms with E-state index in [1.165, 1.54) is 5.56 Å². The zero-order valence-electron chi connectivity index (χ0n) is 11.4. The van der Waals surface area contributed by atoms with Crippen LogP contribution in [0.15, 0.2) is 34.9 Å². The van der Waals surface area contributed by atoms with Gasteiger partial charge < -0.3 is 5.73 Å². The predicted octanol–water partition coefficient (Wildman–Crippen LogP) is 3.64. The third-order valence-electron chi connectivity index (χ3n) is 3.44. The van der Waals surface area contributed by atoms with Gasteiger partial charge in [-0.25, -0.2) is 9.97 Å². The number of aromatic nitrogens is 3. The Morgan fingerprint density at radius 3 is 2.85 bits per heavy atom. The maximum absolute atomic E-state index is 6.12. The molecule has 0 amide bonds. The minimum absolute atomic E-state index is 0.471. The van der Waals surface area contributed by atoms with Crippen LogP contribution >= 0.6 is 15.9 Å². The number of aryl methyl sites for hydroxylation is 2. The van der Waals surface area contributed by atoms with E-state index >= 15 is 0 Å². The number of halogens is 1. The number of nitrogen functional groups attached to an aromatic ring is 1. The van der Waals surface area contributed by atoms with Gasteiger partial charge in [0.15, 0.2) is 5.65 Å². The molecule has 2 aromatic heterocycles. The molecule has 0 unspecified atom stereocenters. The highest BCUT2D eigenvalue weighted by molar-refractivity contribution is 9.10. The Balaban J connectivity index is 2.35. The van der Waals surface area contributed by atoms with Crippen molar-refractivity contribution < 1.29 is 0 Å². The van der Waals surface area contributed by atoms with Gasteiger partial charge in [0.2, 0.25) is 5.95 Å². The Morgan fingerprint density at radius 1 is 1.30 bits per heavy atom. The summed E-state index contributed by atoms with van der Waals surface area (Å²) >= 11 is 3.51. The lowest BCUT2D eigenvalue weighted by molar-refractivity contribution is 1.02. The van der Waals surface area contributed by atoms with Crippen LogP contribution in [0.2, 0.25) is 0 Å². The van der Waals surface area contributed by atoms with E-state index in [1.807, 2.05) is 29.7 Å². The zero-order valence-corrected chi connectivity index (χ0v) is 13.0. The van der Waals surface area contributed by atoms with Crippen LogP contribution in [0.1, 0.15) is 18.1 Å². The summed E-state index contributed by atoms with van der Waals surface area (Å²) in [5, 5.41) is 0. The van der Waals surface area contributed by atoms with Crippen molar-refractivity contribution in [1.82, 2.24) is 14.5 Å². The number of fused-ring (bicyclic) bond motifs is 1. The van der Waals surface area contributed by atoms with Crippen molar-refractivity contribution >= 4 is 33.0 Å². The second-order valence-electron chi connectivity index (χ2n) is 4.73. The summed E-state index contributed by atoms with van der Waals surface area (Å²) in [7, 11) is 0. The van der Waals surface area contributed by atoms with Crippen LogP contribution in [0.4, 0.5) is 5.95 Å². The van der Waals surface area contributed by atoms with Gasteiger partial charge in [0.05, 0.1) is 5.69 Å². The van der Waals surface area contributed by atoms with Gasteiger partial charge in [-0.1, -0.05) is 22.9 Å². The molecule has 2 N–H and O–H groups in total. The van der Waals surface area contributed by atoms with E-state index in [-0.39, 0.29) is 0 Å². The van der Waals surface area contributed by atoms with Crippen LogP contribution in [-0.2, 0) is 6.42 Å². The van der Waals surface area contributed by atoms with E-state index in [0.29, 0.717) is 5.95 Å². The van der Waals surface area contributed by atoms with E-state index in [0.717, 1.165) is 33.3 Å². The summed E-state index contributed by atoms with van der Waals surface area (Å²) in [6, 6.07) is 8.11. The molecule has 20 heavy (non-hydrogen) atoms. The number of benzene rings is 1. The monoisotopic (exact) mass is 330 g/mol. The molecule has 3 rings (SSSR count). The van der Waals surface area contributed by atoms with Gasteiger partial charge in [-0.15, -0.1) is 0 Å². The van der Waals surface area contributed by atoms with E-state index in [2.05, 4.69) is 38.9 Å². The van der Waals surface area contributed by atoms with Crippen LogP contribution in [0.25, 0.3) is 16.9 Å². The maximum Gasteiger partial charge on any atom is 0.207 e. The van der Waals surface area contributed by atoms with Crippen LogP contribution in [-0.4, -0.2) is 14.5 Å². The lowest BCUT2D eigenvalue weighted by Gasteiger charge is -2.11. The van der Waals surface area contributed by atoms with Gasteiger partial charge in [-0.3, -0.25) is 4.57 Å². The second kappa shape index (κ2) is 4.90. The number of hydrogen-bond donors (Lipinski definition) is 1. The van der Waals surface area contributed by atoms with Crippen LogP contribution in [0.3, 0.4) is 0 Å². The van der Waals surface area contributed by atoms with E-state index < -0.39 is 0 Å². The number of nitrogens with two attached hydrogens (primary N) is 1. The Labute approximate surface area is 125 Å². The molecule has 0 aliphatic carbocycles. The van der Waals surface area contributed by atoms with Crippen molar-refractivity contribution in [1.29, 1.82) is 0 Å². The Hall–Kier alpha value is -1.88. The van der Waals surface area contributed by atoms with E-state index in [9.17, 15) is 0 Å². The van der Waals surface area contributed by atoms with Crippen molar-refractivity contribution in [3.63, 3.8) is 0 Å². The first-order valence-corrected chi connectivity index (χ1v) is 7.29. The lowest BCUT2D eigenvalue weighted by atomic mass is 10.1. The normalized spacial score (nSPS) is 11.2. The van der Waals surface area contributed by atoms with Crippen molar-refractivity contribution in [3.05, 3.63) is 46.1 Å². The van der Waals surface area contributed by atoms with Gasteiger partial charge in [0.25, 0.3) is 0 Å². The Morgan fingerprint density at radius 2 is 2.10 bits per heavy atom. The first-order chi connectivity index (χ1) is 9.61.